The van der Waals surface area contributed by atoms with E-state index < -0.39 is 0 Å². The molecule has 1 saturated heterocycles. The van der Waals surface area contributed by atoms with Crippen molar-refractivity contribution in [2.45, 2.75) is 51.2 Å². The van der Waals surface area contributed by atoms with Crippen LogP contribution in [0.15, 0.2) is 0 Å². The van der Waals surface area contributed by atoms with Gasteiger partial charge in [-0.25, -0.2) is 5.01 Å². The van der Waals surface area contributed by atoms with Gasteiger partial charge in [-0.1, -0.05) is 6.42 Å². The Hall–Kier alpha value is -0.160. The topological polar surface area (TPSA) is 50.5 Å². The summed E-state index contributed by atoms with van der Waals surface area (Å²) in [6, 6.07) is 0.313. The molecule has 4 heteroatoms. The monoisotopic (exact) mass is 229 g/mol. The Balaban J connectivity index is 2.35. The molecule has 0 bridgehead atoms. The first-order valence-corrected chi connectivity index (χ1v) is 6.34. The number of nitrogens with one attached hydrogen (secondary N) is 1. The van der Waals surface area contributed by atoms with Gasteiger partial charge in [0.25, 0.3) is 0 Å². The summed E-state index contributed by atoms with van der Waals surface area (Å²) in [6.07, 6.45) is 4.88. The van der Waals surface area contributed by atoms with Gasteiger partial charge < -0.3 is 10.5 Å². The Morgan fingerprint density at radius 2 is 1.94 bits per heavy atom. The quantitative estimate of drug-likeness (QED) is 0.716. The van der Waals surface area contributed by atoms with Gasteiger partial charge in [0.2, 0.25) is 0 Å². The molecule has 0 aromatic heterocycles. The molecular weight excluding hydrogens is 202 g/mol. The maximum absolute atomic E-state index is 5.81. The van der Waals surface area contributed by atoms with Crippen LogP contribution in [-0.4, -0.2) is 43.4 Å². The van der Waals surface area contributed by atoms with Crippen molar-refractivity contribution in [1.29, 1.82) is 0 Å². The predicted octanol–water partition coefficient (Wildman–Crippen LogP) is 1.12. The third-order valence-corrected chi connectivity index (χ3v) is 3.30. The lowest BCUT2D eigenvalue weighted by Crippen LogP contribution is -2.52. The van der Waals surface area contributed by atoms with Gasteiger partial charge in [0.15, 0.2) is 0 Å². The van der Waals surface area contributed by atoms with Crippen molar-refractivity contribution in [3.8, 4) is 0 Å². The summed E-state index contributed by atoms with van der Waals surface area (Å²) in [5, 5.41) is 2.31. The molecule has 0 amide bonds. The van der Waals surface area contributed by atoms with E-state index in [1.54, 1.807) is 7.11 Å². The van der Waals surface area contributed by atoms with E-state index in [4.69, 9.17) is 10.5 Å². The minimum atomic E-state index is -0.104. The molecule has 0 aromatic rings. The molecule has 1 rings (SSSR count). The summed E-state index contributed by atoms with van der Waals surface area (Å²) < 4.78 is 5.45. The summed E-state index contributed by atoms with van der Waals surface area (Å²) in [5.41, 5.74) is 9.23. The van der Waals surface area contributed by atoms with Gasteiger partial charge in [0.05, 0.1) is 5.60 Å². The van der Waals surface area contributed by atoms with Gasteiger partial charge in [-0.05, 0) is 33.1 Å². The van der Waals surface area contributed by atoms with Gasteiger partial charge in [-0.15, -0.1) is 0 Å². The largest absolute Gasteiger partial charge is 0.379 e. The van der Waals surface area contributed by atoms with Crippen molar-refractivity contribution < 1.29 is 4.74 Å². The summed E-state index contributed by atoms with van der Waals surface area (Å²) in [5.74, 6) is 0. The average molecular weight is 229 g/mol. The third-order valence-electron chi connectivity index (χ3n) is 3.30. The molecule has 0 radical (unpaired) electrons. The van der Waals surface area contributed by atoms with Crippen molar-refractivity contribution in [2.24, 2.45) is 5.73 Å². The predicted molar refractivity (Wildman–Crippen MR) is 67.1 cm³/mol. The highest BCUT2D eigenvalue weighted by atomic mass is 16.5. The summed E-state index contributed by atoms with van der Waals surface area (Å²) in [6.45, 7) is 7.15. The SMILES string of the molecule is COC(C)(C)CC(CN)NN1CCCCC1. The molecule has 3 N–H and O–H groups in total. The molecule has 0 saturated carbocycles. The number of methoxy groups -OCH3 is 1. The van der Waals surface area contributed by atoms with Crippen molar-refractivity contribution in [1.82, 2.24) is 10.4 Å². The number of rotatable bonds is 6. The standard InChI is InChI=1S/C12H27N3O/c1-12(2,16-3)9-11(10-13)14-15-7-5-4-6-8-15/h11,14H,4-10,13H2,1-3H3. The van der Waals surface area contributed by atoms with E-state index >= 15 is 0 Å². The second-order valence-electron chi connectivity index (χ2n) is 5.28. The minimum Gasteiger partial charge on any atom is -0.379 e. The van der Waals surface area contributed by atoms with Crippen LogP contribution in [0.3, 0.4) is 0 Å². The van der Waals surface area contributed by atoms with Crippen LogP contribution in [0.2, 0.25) is 0 Å². The van der Waals surface area contributed by atoms with E-state index in [0.717, 1.165) is 19.5 Å². The fourth-order valence-electron chi connectivity index (χ4n) is 2.14. The van der Waals surface area contributed by atoms with Crippen molar-refractivity contribution in [3.05, 3.63) is 0 Å². The van der Waals surface area contributed by atoms with Crippen LogP contribution < -0.4 is 11.2 Å². The lowest BCUT2D eigenvalue weighted by molar-refractivity contribution is -0.00263. The fourth-order valence-corrected chi connectivity index (χ4v) is 2.14. The Kier molecular flexibility index (Phi) is 5.69. The Morgan fingerprint density at radius 1 is 1.31 bits per heavy atom. The number of nitrogens with two attached hydrogens (primary N) is 1. The van der Waals surface area contributed by atoms with Crippen LogP contribution in [0, 0.1) is 0 Å². The van der Waals surface area contributed by atoms with E-state index in [-0.39, 0.29) is 5.60 Å². The van der Waals surface area contributed by atoms with Gasteiger partial charge in [-0.3, -0.25) is 5.43 Å². The molecule has 0 aromatic carbocycles. The first-order chi connectivity index (χ1) is 7.57. The zero-order valence-electron chi connectivity index (χ0n) is 11.0. The fraction of sp³-hybridized carbons (Fsp3) is 1.00. The van der Waals surface area contributed by atoms with Crippen LogP contribution >= 0.6 is 0 Å². The van der Waals surface area contributed by atoms with Crippen molar-refractivity contribution >= 4 is 0 Å². The van der Waals surface area contributed by atoms with E-state index in [2.05, 4.69) is 24.3 Å². The number of ether oxygens (including phenoxy) is 1. The number of hydrogen-bond acceptors (Lipinski definition) is 4. The Morgan fingerprint density at radius 3 is 2.44 bits per heavy atom. The molecule has 0 spiro atoms. The Labute approximate surface area is 99.5 Å². The molecule has 96 valence electrons. The molecule has 1 heterocycles. The molecular formula is C12H27N3O. The highest BCUT2D eigenvalue weighted by Gasteiger charge is 2.23. The highest BCUT2D eigenvalue weighted by molar-refractivity contribution is 4.79. The van der Waals surface area contributed by atoms with Gasteiger partial charge in [-0.2, -0.15) is 0 Å². The van der Waals surface area contributed by atoms with Crippen LogP contribution in [-0.2, 0) is 4.74 Å². The zero-order valence-corrected chi connectivity index (χ0v) is 11.0. The van der Waals surface area contributed by atoms with Crippen LogP contribution in [0.5, 0.6) is 0 Å². The first-order valence-electron chi connectivity index (χ1n) is 6.34. The summed E-state index contributed by atoms with van der Waals surface area (Å²) >= 11 is 0. The van der Waals surface area contributed by atoms with E-state index in [9.17, 15) is 0 Å². The number of hydrogen-bond donors (Lipinski definition) is 2. The molecule has 4 nitrogen and oxygen atoms in total. The second kappa shape index (κ2) is 6.55. The highest BCUT2D eigenvalue weighted by Crippen LogP contribution is 2.16. The van der Waals surface area contributed by atoms with Gasteiger partial charge in [0, 0.05) is 32.8 Å². The molecule has 16 heavy (non-hydrogen) atoms. The van der Waals surface area contributed by atoms with Crippen molar-refractivity contribution in [3.63, 3.8) is 0 Å². The van der Waals surface area contributed by atoms with Crippen LogP contribution in [0.25, 0.3) is 0 Å². The number of hydrazine groups is 1. The lowest BCUT2D eigenvalue weighted by Gasteiger charge is -2.34. The maximum atomic E-state index is 5.81. The molecule has 1 aliphatic rings. The molecule has 1 unspecified atom stereocenters. The van der Waals surface area contributed by atoms with Crippen molar-refractivity contribution in [2.75, 3.05) is 26.7 Å². The van der Waals surface area contributed by atoms with Crippen LogP contribution in [0.4, 0.5) is 0 Å². The molecule has 1 atom stereocenters. The smallest absolute Gasteiger partial charge is 0.0638 e. The minimum absolute atomic E-state index is 0.104. The van der Waals surface area contributed by atoms with Gasteiger partial charge in [0.1, 0.15) is 0 Å². The van der Waals surface area contributed by atoms with E-state index in [1.165, 1.54) is 19.3 Å². The molecule has 1 aliphatic heterocycles. The number of piperidine rings is 1. The Bertz CT molecular complexity index is 191. The third kappa shape index (κ3) is 4.78. The molecule has 0 aliphatic carbocycles. The average Bonchev–Trinajstić information content (AvgIpc) is 2.29. The normalized spacial score (nSPS) is 21.0. The lowest BCUT2D eigenvalue weighted by atomic mass is 9.99. The second-order valence-corrected chi connectivity index (χ2v) is 5.28. The van der Waals surface area contributed by atoms with E-state index in [1.807, 2.05) is 0 Å². The zero-order chi connectivity index (χ0) is 12.0. The summed E-state index contributed by atoms with van der Waals surface area (Å²) in [4.78, 5) is 0. The van der Waals surface area contributed by atoms with E-state index in [0.29, 0.717) is 12.6 Å². The maximum Gasteiger partial charge on any atom is 0.0638 e. The van der Waals surface area contributed by atoms with Gasteiger partial charge >= 0.3 is 0 Å². The van der Waals surface area contributed by atoms with Crippen LogP contribution in [0.1, 0.15) is 39.5 Å². The molecule has 1 fully saturated rings. The summed E-state index contributed by atoms with van der Waals surface area (Å²) in [7, 11) is 1.76. The first kappa shape index (κ1) is 13.9. The number of nitrogens with zero attached hydrogens (tertiary/aromatic N) is 1.